The third-order valence-corrected chi connectivity index (χ3v) is 4.51. The van der Waals surface area contributed by atoms with Gasteiger partial charge in [0.1, 0.15) is 30.5 Å². The number of aromatic carboxylic acids is 1. The summed E-state index contributed by atoms with van der Waals surface area (Å²) in [5, 5.41) is 19.4. The molecule has 0 saturated carbocycles. The van der Waals surface area contributed by atoms with Gasteiger partial charge in [0.05, 0.1) is 11.1 Å². The van der Waals surface area contributed by atoms with Crippen LogP contribution in [0.1, 0.15) is 51.6 Å². The predicted octanol–water partition coefficient (Wildman–Crippen LogP) is 4.70. The van der Waals surface area contributed by atoms with Crippen LogP contribution in [0.2, 0.25) is 0 Å². The Morgan fingerprint density at radius 2 is 1.55 bits per heavy atom. The molecule has 154 valence electrons. The van der Waals surface area contributed by atoms with Crippen molar-refractivity contribution in [1.82, 2.24) is 0 Å². The standard InChI is InChI=1S/C23H26O6/c1-4-8-19(24)18-11-12-21(16(3)22(18)25)29-14-6-5-13-28-20-10-7-9-17(15(20)2)23(26)27/h5-7,9-12,25H,4,8,13-14H2,1-3H3,(H,26,27)/b6-5+. The second-order valence-corrected chi connectivity index (χ2v) is 6.59. The Morgan fingerprint density at radius 1 is 0.931 bits per heavy atom. The Balaban J connectivity index is 1.90. The number of rotatable bonds is 10. The summed E-state index contributed by atoms with van der Waals surface area (Å²) in [7, 11) is 0. The molecule has 2 aromatic rings. The Kier molecular flexibility index (Phi) is 7.83. The molecule has 0 bridgehead atoms. The lowest BCUT2D eigenvalue weighted by Gasteiger charge is -2.12. The zero-order valence-electron chi connectivity index (χ0n) is 16.9. The number of ketones is 1. The van der Waals surface area contributed by atoms with E-state index in [0.717, 1.165) is 6.42 Å². The van der Waals surface area contributed by atoms with Gasteiger partial charge in [0.25, 0.3) is 0 Å². The quantitative estimate of drug-likeness (QED) is 0.445. The number of hydrogen-bond acceptors (Lipinski definition) is 5. The number of carboxylic acids is 1. The van der Waals surface area contributed by atoms with E-state index in [1.807, 2.05) is 6.92 Å². The maximum atomic E-state index is 12.0. The molecule has 0 radical (unpaired) electrons. The first-order chi connectivity index (χ1) is 13.9. The summed E-state index contributed by atoms with van der Waals surface area (Å²) in [6.45, 7) is 5.86. The summed E-state index contributed by atoms with van der Waals surface area (Å²) in [6.07, 6.45) is 4.65. The normalized spacial score (nSPS) is 10.9. The molecule has 0 aliphatic heterocycles. The molecular weight excluding hydrogens is 372 g/mol. The minimum Gasteiger partial charge on any atom is -0.507 e. The average Bonchev–Trinajstić information content (AvgIpc) is 2.68. The minimum atomic E-state index is -0.988. The van der Waals surface area contributed by atoms with E-state index < -0.39 is 5.97 Å². The minimum absolute atomic E-state index is 0.0398. The van der Waals surface area contributed by atoms with Crippen LogP contribution < -0.4 is 9.47 Å². The van der Waals surface area contributed by atoms with Crippen LogP contribution in [0.4, 0.5) is 0 Å². The molecule has 0 atom stereocenters. The largest absolute Gasteiger partial charge is 0.507 e. The van der Waals surface area contributed by atoms with E-state index in [0.29, 0.717) is 34.6 Å². The van der Waals surface area contributed by atoms with Crippen molar-refractivity contribution in [2.75, 3.05) is 13.2 Å². The number of aromatic hydroxyl groups is 1. The van der Waals surface area contributed by atoms with Crippen molar-refractivity contribution in [1.29, 1.82) is 0 Å². The number of phenols is 1. The Bertz CT molecular complexity index is 914. The summed E-state index contributed by atoms with van der Waals surface area (Å²) >= 11 is 0. The number of ether oxygens (including phenoxy) is 2. The second-order valence-electron chi connectivity index (χ2n) is 6.59. The summed E-state index contributed by atoms with van der Waals surface area (Å²) in [4.78, 5) is 23.1. The first-order valence-electron chi connectivity index (χ1n) is 9.46. The van der Waals surface area contributed by atoms with Gasteiger partial charge in [-0.3, -0.25) is 4.79 Å². The molecule has 2 aromatic carbocycles. The maximum absolute atomic E-state index is 12.0. The molecular formula is C23H26O6. The van der Waals surface area contributed by atoms with Crippen LogP contribution in [-0.4, -0.2) is 35.2 Å². The molecule has 0 aliphatic carbocycles. The third-order valence-electron chi connectivity index (χ3n) is 4.51. The predicted molar refractivity (Wildman–Crippen MR) is 110 cm³/mol. The molecule has 0 spiro atoms. The summed E-state index contributed by atoms with van der Waals surface area (Å²) in [5.41, 5.74) is 1.64. The molecule has 0 unspecified atom stereocenters. The first-order valence-corrected chi connectivity index (χ1v) is 9.46. The molecule has 0 fully saturated rings. The van der Waals surface area contributed by atoms with Gasteiger partial charge in [-0.15, -0.1) is 0 Å². The fourth-order valence-corrected chi connectivity index (χ4v) is 2.84. The van der Waals surface area contributed by atoms with Gasteiger partial charge in [0, 0.05) is 17.5 Å². The zero-order valence-corrected chi connectivity index (χ0v) is 16.9. The molecule has 0 saturated heterocycles. The number of phenolic OH excluding ortho intramolecular Hbond substituents is 1. The summed E-state index contributed by atoms with van der Waals surface area (Å²) in [5.74, 6) is -0.0892. The van der Waals surface area contributed by atoms with Crippen LogP contribution in [-0.2, 0) is 0 Å². The molecule has 0 aliphatic rings. The van der Waals surface area contributed by atoms with Crippen LogP contribution in [0.25, 0.3) is 0 Å². The highest BCUT2D eigenvalue weighted by atomic mass is 16.5. The van der Waals surface area contributed by atoms with E-state index in [-0.39, 0.29) is 30.3 Å². The van der Waals surface area contributed by atoms with Crippen molar-refractivity contribution in [3.05, 3.63) is 64.7 Å². The van der Waals surface area contributed by atoms with Crippen molar-refractivity contribution in [3.63, 3.8) is 0 Å². The highest BCUT2D eigenvalue weighted by molar-refractivity contribution is 5.99. The average molecular weight is 398 g/mol. The fraction of sp³-hybridized carbons (Fsp3) is 0.304. The monoisotopic (exact) mass is 398 g/mol. The molecule has 2 rings (SSSR count). The van der Waals surface area contributed by atoms with Gasteiger partial charge in [0.15, 0.2) is 5.78 Å². The van der Waals surface area contributed by atoms with Gasteiger partial charge in [-0.2, -0.15) is 0 Å². The number of carbonyl (C=O) groups is 2. The lowest BCUT2D eigenvalue weighted by Crippen LogP contribution is -2.04. The van der Waals surface area contributed by atoms with Crippen LogP contribution in [0.5, 0.6) is 17.2 Å². The topological polar surface area (TPSA) is 93.1 Å². The van der Waals surface area contributed by atoms with Gasteiger partial charge in [-0.1, -0.05) is 13.0 Å². The fourth-order valence-electron chi connectivity index (χ4n) is 2.84. The van der Waals surface area contributed by atoms with Crippen molar-refractivity contribution >= 4 is 11.8 Å². The molecule has 2 N–H and O–H groups in total. The van der Waals surface area contributed by atoms with E-state index in [9.17, 15) is 14.7 Å². The Labute approximate surface area is 170 Å². The molecule has 29 heavy (non-hydrogen) atoms. The van der Waals surface area contributed by atoms with Gasteiger partial charge in [0.2, 0.25) is 0 Å². The van der Waals surface area contributed by atoms with E-state index in [4.69, 9.17) is 14.6 Å². The first kappa shape index (κ1) is 22.0. The highest BCUT2D eigenvalue weighted by Gasteiger charge is 2.15. The van der Waals surface area contributed by atoms with E-state index in [1.165, 1.54) is 6.07 Å². The Morgan fingerprint density at radius 3 is 2.14 bits per heavy atom. The number of benzene rings is 2. The van der Waals surface area contributed by atoms with Gasteiger partial charge >= 0.3 is 5.97 Å². The van der Waals surface area contributed by atoms with Crippen molar-refractivity contribution in [2.45, 2.75) is 33.6 Å². The van der Waals surface area contributed by atoms with Gasteiger partial charge < -0.3 is 19.7 Å². The molecule has 6 heteroatoms. The highest BCUT2D eigenvalue weighted by Crippen LogP contribution is 2.31. The van der Waals surface area contributed by atoms with E-state index in [2.05, 4.69) is 0 Å². The van der Waals surface area contributed by atoms with Crippen LogP contribution >= 0.6 is 0 Å². The van der Waals surface area contributed by atoms with Crippen molar-refractivity contribution < 1.29 is 29.3 Å². The zero-order chi connectivity index (χ0) is 21.4. The number of hydrogen-bond donors (Lipinski definition) is 2. The van der Waals surface area contributed by atoms with Crippen LogP contribution in [0.15, 0.2) is 42.5 Å². The van der Waals surface area contributed by atoms with Gasteiger partial charge in [-0.25, -0.2) is 4.79 Å². The molecule has 0 amide bonds. The molecule has 0 aromatic heterocycles. The van der Waals surface area contributed by atoms with E-state index >= 15 is 0 Å². The molecule has 6 nitrogen and oxygen atoms in total. The lowest BCUT2D eigenvalue weighted by atomic mass is 10.0. The van der Waals surface area contributed by atoms with Crippen molar-refractivity contribution in [3.8, 4) is 17.2 Å². The van der Waals surface area contributed by atoms with Gasteiger partial charge in [-0.05, 0) is 56.7 Å². The SMILES string of the molecule is CCCC(=O)c1ccc(OC/C=C/COc2cccc(C(=O)O)c2C)c(C)c1O. The van der Waals surface area contributed by atoms with Crippen LogP contribution in [0, 0.1) is 13.8 Å². The van der Waals surface area contributed by atoms with Crippen LogP contribution in [0.3, 0.4) is 0 Å². The van der Waals surface area contributed by atoms with Crippen molar-refractivity contribution in [2.24, 2.45) is 0 Å². The number of Topliss-reactive ketones (excluding diaryl/α,β-unsaturated/α-hetero) is 1. The van der Waals surface area contributed by atoms with E-state index in [1.54, 1.807) is 50.3 Å². The second kappa shape index (κ2) is 10.3. The molecule has 0 heterocycles. The number of carbonyl (C=O) groups excluding carboxylic acids is 1. The third kappa shape index (κ3) is 5.60. The maximum Gasteiger partial charge on any atom is 0.336 e. The Hall–Kier alpha value is -3.28. The summed E-state index contributed by atoms with van der Waals surface area (Å²) in [6, 6.07) is 8.17. The number of carboxylic acid groups (broad SMARTS) is 1. The summed E-state index contributed by atoms with van der Waals surface area (Å²) < 4.78 is 11.3. The smallest absolute Gasteiger partial charge is 0.336 e. The lowest BCUT2D eigenvalue weighted by molar-refractivity contribution is 0.0695.